The Morgan fingerprint density at radius 3 is 2.27 bits per heavy atom. The molecule has 0 spiro atoms. The van der Waals surface area contributed by atoms with Crippen LogP contribution in [-0.2, 0) is 0 Å². The molecule has 0 saturated heterocycles. The van der Waals surface area contributed by atoms with Gasteiger partial charge in [0.1, 0.15) is 11.5 Å². The molecule has 22 heavy (non-hydrogen) atoms. The molecule has 112 valence electrons. The Morgan fingerprint density at radius 2 is 1.64 bits per heavy atom. The smallest absolute Gasteiger partial charge is 0.193 e. The van der Waals surface area contributed by atoms with Gasteiger partial charge in [0.25, 0.3) is 0 Å². The molecule has 3 rings (SSSR count). The van der Waals surface area contributed by atoms with Crippen molar-refractivity contribution in [3.63, 3.8) is 0 Å². The summed E-state index contributed by atoms with van der Waals surface area (Å²) in [6.45, 7) is 3.58. The summed E-state index contributed by atoms with van der Waals surface area (Å²) < 4.78 is 5.79. The number of hydrogen-bond donors (Lipinski definition) is 1. The molecule has 1 heterocycles. The van der Waals surface area contributed by atoms with Gasteiger partial charge in [0.05, 0.1) is 10.4 Å². The van der Waals surface area contributed by atoms with Gasteiger partial charge in [-0.1, -0.05) is 23.2 Å². The summed E-state index contributed by atoms with van der Waals surface area (Å²) in [7, 11) is 0. The lowest BCUT2D eigenvalue weighted by Gasteiger charge is -2.09. The van der Waals surface area contributed by atoms with Gasteiger partial charge < -0.3 is 9.52 Å². The molecule has 5 heteroatoms. The SMILES string of the molecule is Cc1cc(-c2cc(=O)c3cc(Cl)cc(Cl)c3o2)cc(C)c1O. The van der Waals surface area contributed by atoms with Crippen molar-refractivity contribution in [2.75, 3.05) is 0 Å². The second kappa shape index (κ2) is 5.34. The molecule has 0 fully saturated rings. The molecule has 3 aromatic rings. The van der Waals surface area contributed by atoms with E-state index in [0.717, 1.165) is 0 Å². The molecular weight excluding hydrogens is 323 g/mol. The third-order valence-corrected chi connectivity index (χ3v) is 4.02. The van der Waals surface area contributed by atoms with Gasteiger partial charge in [-0.05, 0) is 49.2 Å². The van der Waals surface area contributed by atoms with Crippen LogP contribution >= 0.6 is 23.2 Å². The van der Waals surface area contributed by atoms with Crippen molar-refractivity contribution < 1.29 is 9.52 Å². The predicted molar refractivity (Wildman–Crippen MR) is 89.1 cm³/mol. The summed E-state index contributed by atoms with van der Waals surface area (Å²) in [5, 5.41) is 10.9. The Bertz CT molecular complexity index is 935. The molecule has 0 bridgehead atoms. The Hall–Kier alpha value is -1.97. The zero-order valence-corrected chi connectivity index (χ0v) is 13.4. The molecule has 0 saturated carbocycles. The molecule has 0 aliphatic carbocycles. The van der Waals surface area contributed by atoms with Crippen molar-refractivity contribution in [2.24, 2.45) is 0 Å². The van der Waals surface area contributed by atoms with Gasteiger partial charge in [-0.2, -0.15) is 0 Å². The minimum absolute atomic E-state index is 0.218. The molecule has 0 aliphatic rings. The molecule has 0 unspecified atom stereocenters. The van der Waals surface area contributed by atoms with E-state index in [0.29, 0.717) is 38.4 Å². The van der Waals surface area contributed by atoms with E-state index in [2.05, 4.69) is 0 Å². The number of benzene rings is 2. The van der Waals surface area contributed by atoms with Crippen LogP contribution in [0.15, 0.2) is 39.5 Å². The molecule has 3 nitrogen and oxygen atoms in total. The first-order valence-electron chi connectivity index (χ1n) is 6.60. The van der Waals surface area contributed by atoms with Crippen LogP contribution in [-0.4, -0.2) is 5.11 Å². The lowest BCUT2D eigenvalue weighted by molar-refractivity contribution is 0.467. The van der Waals surface area contributed by atoms with Crippen molar-refractivity contribution in [1.29, 1.82) is 0 Å². The van der Waals surface area contributed by atoms with E-state index in [9.17, 15) is 9.90 Å². The highest BCUT2D eigenvalue weighted by atomic mass is 35.5. The third kappa shape index (κ3) is 2.47. The molecule has 1 N–H and O–H groups in total. The van der Waals surface area contributed by atoms with Crippen LogP contribution < -0.4 is 5.43 Å². The van der Waals surface area contributed by atoms with Crippen LogP contribution in [0.4, 0.5) is 0 Å². The van der Waals surface area contributed by atoms with Gasteiger partial charge in [0.2, 0.25) is 0 Å². The maximum Gasteiger partial charge on any atom is 0.193 e. The molecule has 1 aromatic heterocycles. The first kappa shape index (κ1) is 14.9. The van der Waals surface area contributed by atoms with Gasteiger partial charge >= 0.3 is 0 Å². The van der Waals surface area contributed by atoms with E-state index < -0.39 is 0 Å². The fraction of sp³-hybridized carbons (Fsp3) is 0.118. The van der Waals surface area contributed by atoms with E-state index in [4.69, 9.17) is 27.6 Å². The minimum Gasteiger partial charge on any atom is -0.507 e. The van der Waals surface area contributed by atoms with E-state index in [1.54, 1.807) is 26.0 Å². The van der Waals surface area contributed by atoms with Crippen LogP contribution in [0, 0.1) is 13.8 Å². The van der Waals surface area contributed by atoms with Crippen molar-refractivity contribution in [3.05, 3.63) is 61.7 Å². The highest BCUT2D eigenvalue weighted by Gasteiger charge is 2.13. The van der Waals surface area contributed by atoms with Crippen LogP contribution in [0.5, 0.6) is 5.75 Å². The number of phenolic OH excluding ortho intramolecular Hbond substituents is 1. The average Bonchev–Trinajstić information content (AvgIpc) is 2.45. The summed E-state index contributed by atoms with van der Waals surface area (Å²) in [5.41, 5.74) is 2.21. The number of hydrogen-bond acceptors (Lipinski definition) is 3. The maximum absolute atomic E-state index is 12.3. The van der Waals surface area contributed by atoms with Crippen molar-refractivity contribution in [1.82, 2.24) is 0 Å². The lowest BCUT2D eigenvalue weighted by Crippen LogP contribution is -2.01. The van der Waals surface area contributed by atoms with Gasteiger partial charge in [-0.25, -0.2) is 0 Å². The molecule has 2 aromatic carbocycles. The van der Waals surface area contributed by atoms with E-state index in [-0.39, 0.29) is 16.2 Å². The summed E-state index contributed by atoms with van der Waals surface area (Å²) in [5.74, 6) is 0.629. The normalized spacial score (nSPS) is 11.1. The molecule has 0 aliphatic heterocycles. The van der Waals surface area contributed by atoms with E-state index in [1.165, 1.54) is 18.2 Å². The average molecular weight is 335 g/mol. The van der Waals surface area contributed by atoms with Crippen LogP contribution in [0.25, 0.3) is 22.3 Å². The Labute approximate surface area is 136 Å². The number of phenols is 1. The second-order valence-corrected chi connectivity index (χ2v) is 6.04. The molecule has 0 atom stereocenters. The predicted octanol–water partition coefficient (Wildman–Crippen LogP) is 5.09. The Morgan fingerprint density at radius 1 is 1.00 bits per heavy atom. The zero-order valence-electron chi connectivity index (χ0n) is 11.9. The van der Waals surface area contributed by atoms with Gasteiger partial charge in [-0.15, -0.1) is 0 Å². The second-order valence-electron chi connectivity index (χ2n) is 5.20. The van der Waals surface area contributed by atoms with Gasteiger partial charge in [0.15, 0.2) is 11.0 Å². The van der Waals surface area contributed by atoms with E-state index >= 15 is 0 Å². The highest BCUT2D eigenvalue weighted by molar-refractivity contribution is 6.38. The molecular formula is C17H12Cl2O3. The monoisotopic (exact) mass is 334 g/mol. The fourth-order valence-electron chi connectivity index (χ4n) is 2.42. The Balaban J connectivity index is 2.31. The first-order valence-corrected chi connectivity index (χ1v) is 7.36. The van der Waals surface area contributed by atoms with Gasteiger partial charge in [0, 0.05) is 16.7 Å². The van der Waals surface area contributed by atoms with Gasteiger partial charge in [-0.3, -0.25) is 4.79 Å². The minimum atomic E-state index is -0.218. The zero-order chi connectivity index (χ0) is 16.0. The Kier molecular flexibility index (Phi) is 3.63. The largest absolute Gasteiger partial charge is 0.507 e. The number of rotatable bonds is 1. The topological polar surface area (TPSA) is 50.4 Å². The maximum atomic E-state index is 12.3. The summed E-state index contributed by atoms with van der Waals surface area (Å²) >= 11 is 12.0. The quantitative estimate of drug-likeness (QED) is 0.674. The standard InChI is InChI=1S/C17H12Cl2O3/c1-8-3-10(4-9(2)16(8)21)15-7-14(20)12-5-11(18)6-13(19)17(12)22-15/h3-7,21H,1-2H3. The fourth-order valence-corrected chi connectivity index (χ4v) is 2.96. The lowest BCUT2D eigenvalue weighted by atomic mass is 10.0. The van der Waals surface area contributed by atoms with Crippen LogP contribution in [0.3, 0.4) is 0 Å². The van der Waals surface area contributed by atoms with Crippen LogP contribution in [0.1, 0.15) is 11.1 Å². The van der Waals surface area contributed by atoms with Crippen molar-refractivity contribution in [2.45, 2.75) is 13.8 Å². The summed E-state index contributed by atoms with van der Waals surface area (Å²) in [4.78, 5) is 12.3. The number of aryl methyl sites for hydroxylation is 2. The highest BCUT2D eigenvalue weighted by Crippen LogP contribution is 2.32. The first-order chi connectivity index (χ1) is 10.4. The number of halogens is 2. The molecule has 0 radical (unpaired) electrons. The van der Waals surface area contributed by atoms with Crippen molar-refractivity contribution in [3.8, 4) is 17.1 Å². The number of aromatic hydroxyl groups is 1. The van der Waals surface area contributed by atoms with E-state index in [1.807, 2.05) is 0 Å². The third-order valence-electron chi connectivity index (χ3n) is 3.52. The van der Waals surface area contributed by atoms with Crippen molar-refractivity contribution >= 4 is 34.2 Å². The summed E-state index contributed by atoms with van der Waals surface area (Å²) in [6.07, 6.45) is 0. The summed E-state index contributed by atoms with van der Waals surface area (Å²) in [6, 6.07) is 7.99. The molecule has 0 amide bonds. The number of fused-ring (bicyclic) bond motifs is 1. The van der Waals surface area contributed by atoms with Crippen LogP contribution in [0.2, 0.25) is 10.0 Å².